The van der Waals surface area contributed by atoms with E-state index in [0.717, 1.165) is 10.7 Å². The fourth-order valence-corrected chi connectivity index (χ4v) is 2.19. The fraction of sp³-hybridized carbons (Fsp3) is 0.133. The van der Waals surface area contributed by atoms with Crippen LogP contribution in [0.2, 0.25) is 5.15 Å². The van der Waals surface area contributed by atoms with Crippen LogP contribution in [-0.2, 0) is 13.2 Å². The zero-order valence-electron chi connectivity index (χ0n) is 12.3. The Morgan fingerprint density at radius 2 is 1.96 bits per heavy atom. The van der Waals surface area contributed by atoms with E-state index in [1.54, 1.807) is 24.3 Å². The van der Waals surface area contributed by atoms with Crippen LogP contribution in [0.5, 0.6) is 11.6 Å². The van der Waals surface area contributed by atoms with E-state index in [0.29, 0.717) is 11.4 Å². The lowest BCUT2D eigenvalue weighted by molar-refractivity contribution is -0.141. The lowest BCUT2D eigenvalue weighted by Crippen LogP contribution is -2.06. The van der Waals surface area contributed by atoms with Crippen LogP contribution in [0.25, 0.3) is 11.4 Å². The molecule has 0 saturated carbocycles. The van der Waals surface area contributed by atoms with Gasteiger partial charge in [-0.05, 0) is 18.2 Å². The molecule has 3 aromatic rings. The summed E-state index contributed by atoms with van der Waals surface area (Å²) in [7, 11) is 1.42. The van der Waals surface area contributed by atoms with Crippen LogP contribution in [0, 0.1) is 0 Å². The highest BCUT2D eigenvalue weighted by Gasteiger charge is 2.34. The minimum atomic E-state index is -4.52. The van der Waals surface area contributed by atoms with Crippen molar-refractivity contribution in [2.75, 3.05) is 0 Å². The summed E-state index contributed by atoms with van der Waals surface area (Å²) in [4.78, 5) is 8.04. The predicted molar refractivity (Wildman–Crippen MR) is 80.8 cm³/mol. The van der Waals surface area contributed by atoms with Crippen molar-refractivity contribution in [1.82, 2.24) is 19.7 Å². The van der Waals surface area contributed by atoms with Crippen molar-refractivity contribution in [3.63, 3.8) is 0 Å². The highest BCUT2D eigenvalue weighted by molar-refractivity contribution is 6.29. The molecule has 24 heavy (non-hydrogen) atoms. The van der Waals surface area contributed by atoms with Crippen LogP contribution in [0.15, 0.2) is 42.6 Å². The number of aryl methyl sites for hydroxylation is 1. The lowest BCUT2D eigenvalue weighted by atomic mass is 10.2. The second kappa shape index (κ2) is 6.12. The largest absolute Gasteiger partial charge is 0.439 e. The maximum Gasteiger partial charge on any atom is 0.435 e. The van der Waals surface area contributed by atoms with Crippen LogP contribution in [0.3, 0.4) is 0 Å². The van der Waals surface area contributed by atoms with Gasteiger partial charge in [0, 0.05) is 25.4 Å². The van der Waals surface area contributed by atoms with Gasteiger partial charge in [-0.15, -0.1) is 0 Å². The van der Waals surface area contributed by atoms with Gasteiger partial charge in [-0.2, -0.15) is 18.3 Å². The Balaban J connectivity index is 1.92. The summed E-state index contributed by atoms with van der Waals surface area (Å²) in [5.41, 5.74) is -0.451. The molecular weight excluding hydrogens is 345 g/mol. The van der Waals surface area contributed by atoms with Gasteiger partial charge >= 0.3 is 6.18 Å². The van der Waals surface area contributed by atoms with Gasteiger partial charge < -0.3 is 4.74 Å². The van der Waals surface area contributed by atoms with E-state index in [-0.39, 0.29) is 16.7 Å². The van der Waals surface area contributed by atoms with E-state index in [2.05, 4.69) is 15.1 Å². The molecule has 0 bridgehead atoms. The second-order valence-electron chi connectivity index (χ2n) is 4.81. The molecule has 3 aromatic heterocycles. The number of hydrogen-bond donors (Lipinski definition) is 0. The molecular formula is C15H10ClF3N4O. The molecule has 0 spiro atoms. The molecule has 0 aliphatic carbocycles. The van der Waals surface area contributed by atoms with Crippen LogP contribution < -0.4 is 4.74 Å². The zero-order valence-corrected chi connectivity index (χ0v) is 13.0. The third-order valence-electron chi connectivity index (χ3n) is 3.08. The average molecular weight is 355 g/mol. The molecule has 3 rings (SSSR count). The normalized spacial score (nSPS) is 11.5. The molecule has 0 aromatic carbocycles. The minimum Gasteiger partial charge on any atom is -0.439 e. The molecule has 0 saturated heterocycles. The first kappa shape index (κ1) is 16.3. The van der Waals surface area contributed by atoms with Gasteiger partial charge in [0.05, 0.1) is 11.4 Å². The van der Waals surface area contributed by atoms with Gasteiger partial charge in [-0.3, -0.25) is 4.68 Å². The summed E-state index contributed by atoms with van der Waals surface area (Å²) in [6.45, 7) is 0. The van der Waals surface area contributed by atoms with E-state index in [1.807, 2.05) is 0 Å². The molecule has 0 atom stereocenters. The number of alkyl halides is 3. The van der Waals surface area contributed by atoms with Crippen LogP contribution in [-0.4, -0.2) is 19.7 Å². The van der Waals surface area contributed by atoms with Crippen molar-refractivity contribution in [2.24, 2.45) is 7.05 Å². The van der Waals surface area contributed by atoms with E-state index in [4.69, 9.17) is 16.3 Å². The van der Waals surface area contributed by atoms with Crippen molar-refractivity contribution in [3.05, 3.63) is 53.4 Å². The molecule has 0 N–H and O–H groups in total. The number of nitrogens with zero attached hydrogens (tertiary/aromatic N) is 4. The number of rotatable bonds is 3. The Morgan fingerprint density at radius 3 is 2.62 bits per heavy atom. The lowest BCUT2D eigenvalue weighted by Gasteiger charge is -2.07. The Kier molecular flexibility index (Phi) is 4.15. The van der Waals surface area contributed by atoms with Crippen molar-refractivity contribution < 1.29 is 17.9 Å². The Bertz CT molecular complexity index is 879. The second-order valence-corrected chi connectivity index (χ2v) is 5.20. The molecule has 0 radical (unpaired) electrons. The van der Waals surface area contributed by atoms with E-state index >= 15 is 0 Å². The van der Waals surface area contributed by atoms with Crippen molar-refractivity contribution in [3.8, 4) is 23.0 Å². The molecule has 0 aliphatic heterocycles. The molecule has 0 amide bonds. The first-order valence-electron chi connectivity index (χ1n) is 6.71. The molecule has 0 unspecified atom stereocenters. The highest BCUT2D eigenvalue weighted by atomic mass is 35.5. The van der Waals surface area contributed by atoms with Crippen molar-refractivity contribution >= 4 is 11.6 Å². The van der Waals surface area contributed by atoms with E-state index in [1.165, 1.54) is 19.3 Å². The van der Waals surface area contributed by atoms with Gasteiger partial charge in [0.2, 0.25) is 5.88 Å². The summed E-state index contributed by atoms with van der Waals surface area (Å²) >= 11 is 5.77. The standard InChI is InChI=1S/C15H10ClF3N4O/c1-23-11(8-12(22-23)15(17,18)19)10-3-2-4-14(21-10)24-9-5-6-20-13(16)7-9/h2-8H,1H3. The average Bonchev–Trinajstić information content (AvgIpc) is 2.90. The number of halogens is 4. The number of ether oxygens (including phenoxy) is 1. The summed E-state index contributed by atoms with van der Waals surface area (Å²) in [5, 5.41) is 3.72. The SMILES string of the molecule is Cn1nc(C(F)(F)F)cc1-c1cccc(Oc2ccnc(Cl)c2)n1. The van der Waals surface area contributed by atoms with Crippen LogP contribution in [0.4, 0.5) is 13.2 Å². The molecule has 9 heteroatoms. The summed E-state index contributed by atoms with van der Waals surface area (Å²) < 4.78 is 45.0. The van der Waals surface area contributed by atoms with Crippen molar-refractivity contribution in [1.29, 1.82) is 0 Å². The summed E-state index contributed by atoms with van der Waals surface area (Å²) in [6.07, 6.45) is -3.05. The predicted octanol–water partition coefficient (Wildman–Crippen LogP) is 4.34. The smallest absolute Gasteiger partial charge is 0.435 e. The highest BCUT2D eigenvalue weighted by Crippen LogP contribution is 2.31. The van der Waals surface area contributed by atoms with Gasteiger partial charge in [0.15, 0.2) is 5.69 Å². The molecule has 3 heterocycles. The third kappa shape index (κ3) is 3.48. The quantitative estimate of drug-likeness (QED) is 0.656. The Labute approximate surface area is 139 Å². The zero-order chi connectivity index (χ0) is 17.3. The number of hydrogen-bond acceptors (Lipinski definition) is 4. The van der Waals surface area contributed by atoms with Gasteiger partial charge in [0.1, 0.15) is 10.9 Å². The summed E-state index contributed by atoms with van der Waals surface area (Å²) in [6, 6.07) is 8.81. The summed E-state index contributed by atoms with van der Waals surface area (Å²) in [5.74, 6) is 0.630. The molecule has 124 valence electrons. The van der Waals surface area contributed by atoms with Gasteiger partial charge in [-0.1, -0.05) is 17.7 Å². The van der Waals surface area contributed by atoms with E-state index < -0.39 is 11.9 Å². The van der Waals surface area contributed by atoms with Gasteiger partial charge in [-0.25, -0.2) is 9.97 Å². The number of pyridine rings is 2. The number of aromatic nitrogens is 4. The first-order valence-corrected chi connectivity index (χ1v) is 7.09. The molecule has 0 aliphatic rings. The first-order chi connectivity index (χ1) is 11.3. The topological polar surface area (TPSA) is 52.8 Å². The molecule has 0 fully saturated rings. The maximum atomic E-state index is 12.8. The maximum absolute atomic E-state index is 12.8. The van der Waals surface area contributed by atoms with Crippen LogP contribution in [0.1, 0.15) is 5.69 Å². The minimum absolute atomic E-state index is 0.213. The van der Waals surface area contributed by atoms with E-state index in [9.17, 15) is 13.2 Å². The van der Waals surface area contributed by atoms with Crippen LogP contribution >= 0.6 is 11.6 Å². The van der Waals surface area contributed by atoms with Gasteiger partial charge in [0.25, 0.3) is 0 Å². The monoisotopic (exact) mass is 354 g/mol. The third-order valence-corrected chi connectivity index (χ3v) is 3.28. The van der Waals surface area contributed by atoms with Crippen molar-refractivity contribution in [2.45, 2.75) is 6.18 Å². The Morgan fingerprint density at radius 1 is 1.17 bits per heavy atom. The fourth-order valence-electron chi connectivity index (χ4n) is 2.03. The Hall–Kier alpha value is -2.61. The molecule has 5 nitrogen and oxygen atoms in total.